The van der Waals surface area contributed by atoms with Gasteiger partial charge in [0.2, 0.25) is 5.91 Å². The Morgan fingerprint density at radius 2 is 1.88 bits per heavy atom. The van der Waals surface area contributed by atoms with Crippen LogP contribution in [-0.4, -0.2) is 5.91 Å². The summed E-state index contributed by atoms with van der Waals surface area (Å²) in [5, 5.41) is 1.97. The SMILES string of the molecule is NC(=O)/C(=C/c1cccs1)c1ccccc1. The number of amides is 1. The first-order valence-corrected chi connectivity index (χ1v) is 5.76. The van der Waals surface area contributed by atoms with E-state index in [0.29, 0.717) is 5.57 Å². The van der Waals surface area contributed by atoms with E-state index in [9.17, 15) is 4.79 Å². The highest BCUT2D eigenvalue weighted by atomic mass is 32.1. The van der Waals surface area contributed by atoms with Crippen LogP contribution in [0.1, 0.15) is 10.4 Å². The van der Waals surface area contributed by atoms with Gasteiger partial charge in [0.1, 0.15) is 0 Å². The highest BCUT2D eigenvalue weighted by Crippen LogP contribution is 2.20. The molecule has 0 atom stereocenters. The molecule has 1 heterocycles. The van der Waals surface area contributed by atoms with E-state index in [1.165, 1.54) is 0 Å². The summed E-state index contributed by atoms with van der Waals surface area (Å²) in [4.78, 5) is 12.4. The number of carbonyl (C=O) groups excluding carboxylic acids is 1. The van der Waals surface area contributed by atoms with Gasteiger partial charge in [-0.25, -0.2) is 0 Å². The molecular formula is C13H11NOS. The molecule has 1 aromatic heterocycles. The van der Waals surface area contributed by atoms with Gasteiger partial charge < -0.3 is 5.73 Å². The van der Waals surface area contributed by atoms with E-state index in [0.717, 1.165) is 10.4 Å². The van der Waals surface area contributed by atoms with Crippen LogP contribution in [-0.2, 0) is 4.79 Å². The number of nitrogens with two attached hydrogens (primary N) is 1. The maximum absolute atomic E-state index is 11.4. The fraction of sp³-hybridized carbons (Fsp3) is 0. The second-order valence-electron chi connectivity index (χ2n) is 3.30. The number of thiophene rings is 1. The molecule has 0 radical (unpaired) electrons. The molecule has 80 valence electrons. The average Bonchev–Trinajstić information content (AvgIpc) is 2.79. The predicted molar refractivity (Wildman–Crippen MR) is 67.8 cm³/mol. The smallest absolute Gasteiger partial charge is 0.249 e. The van der Waals surface area contributed by atoms with Gasteiger partial charge in [-0.15, -0.1) is 11.3 Å². The van der Waals surface area contributed by atoms with E-state index in [-0.39, 0.29) is 0 Å². The lowest BCUT2D eigenvalue weighted by molar-refractivity contribution is -0.112. The average molecular weight is 229 g/mol. The third kappa shape index (κ3) is 2.38. The summed E-state index contributed by atoms with van der Waals surface area (Å²) >= 11 is 1.58. The standard InChI is InChI=1S/C13H11NOS/c14-13(15)12(9-11-7-4-8-16-11)10-5-2-1-3-6-10/h1-9H,(H2,14,15)/b12-9+. The zero-order chi connectivity index (χ0) is 11.4. The van der Waals surface area contributed by atoms with Crippen LogP contribution in [0.2, 0.25) is 0 Å². The summed E-state index contributed by atoms with van der Waals surface area (Å²) in [6.07, 6.45) is 1.82. The van der Waals surface area contributed by atoms with Crippen molar-refractivity contribution in [2.24, 2.45) is 5.73 Å². The van der Waals surface area contributed by atoms with Crippen LogP contribution in [0.5, 0.6) is 0 Å². The second kappa shape index (κ2) is 4.77. The lowest BCUT2D eigenvalue weighted by Crippen LogP contribution is -2.12. The molecule has 0 aliphatic rings. The summed E-state index contributed by atoms with van der Waals surface area (Å²) in [5.41, 5.74) is 6.78. The highest BCUT2D eigenvalue weighted by molar-refractivity contribution is 7.11. The number of primary amides is 1. The Kier molecular flexibility index (Phi) is 3.17. The molecule has 0 aliphatic heterocycles. The molecule has 0 unspecified atom stereocenters. The van der Waals surface area contributed by atoms with Gasteiger partial charge >= 0.3 is 0 Å². The molecule has 1 amide bonds. The summed E-state index contributed by atoms with van der Waals surface area (Å²) < 4.78 is 0. The maximum atomic E-state index is 11.4. The molecule has 2 rings (SSSR count). The van der Waals surface area contributed by atoms with Crippen molar-refractivity contribution in [1.82, 2.24) is 0 Å². The fourth-order valence-electron chi connectivity index (χ4n) is 1.43. The van der Waals surface area contributed by atoms with E-state index in [1.54, 1.807) is 11.3 Å². The number of rotatable bonds is 3. The lowest BCUT2D eigenvalue weighted by Gasteiger charge is -2.02. The van der Waals surface area contributed by atoms with Crippen molar-refractivity contribution in [1.29, 1.82) is 0 Å². The first kappa shape index (κ1) is 10.6. The van der Waals surface area contributed by atoms with E-state index in [2.05, 4.69) is 0 Å². The Morgan fingerprint density at radius 3 is 2.44 bits per heavy atom. The monoisotopic (exact) mass is 229 g/mol. The van der Waals surface area contributed by atoms with Crippen molar-refractivity contribution in [2.45, 2.75) is 0 Å². The molecule has 2 aromatic rings. The van der Waals surface area contributed by atoms with Crippen molar-refractivity contribution in [3.05, 3.63) is 58.3 Å². The van der Waals surface area contributed by atoms with E-state index >= 15 is 0 Å². The Morgan fingerprint density at radius 1 is 1.12 bits per heavy atom. The van der Waals surface area contributed by atoms with Crippen LogP contribution in [0.25, 0.3) is 11.6 Å². The van der Waals surface area contributed by atoms with Gasteiger partial charge in [0, 0.05) is 10.5 Å². The minimum absolute atomic E-state index is 0.403. The highest BCUT2D eigenvalue weighted by Gasteiger charge is 2.07. The van der Waals surface area contributed by atoms with Gasteiger partial charge in [0.25, 0.3) is 0 Å². The predicted octanol–water partition coefficient (Wildman–Crippen LogP) is 2.77. The number of hydrogen-bond donors (Lipinski definition) is 1. The number of carbonyl (C=O) groups is 1. The first-order valence-electron chi connectivity index (χ1n) is 4.88. The Bertz CT molecular complexity index is 500. The van der Waals surface area contributed by atoms with Gasteiger partial charge in [-0.2, -0.15) is 0 Å². The summed E-state index contributed by atoms with van der Waals surface area (Å²) in [7, 11) is 0. The molecule has 2 N–H and O–H groups in total. The third-order valence-corrected chi connectivity index (χ3v) is 3.00. The van der Waals surface area contributed by atoms with Gasteiger partial charge in [0.05, 0.1) is 0 Å². The van der Waals surface area contributed by atoms with Crippen molar-refractivity contribution in [3.63, 3.8) is 0 Å². The molecule has 0 saturated carbocycles. The molecule has 0 fully saturated rings. The number of hydrogen-bond acceptors (Lipinski definition) is 2. The van der Waals surface area contributed by atoms with Gasteiger partial charge in [-0.3, -0.25) is 4.79 Å². The summed E-state index contributed by atoms with van der Waals surface area (Å²) in [6.45, 7) is 0. The molecule has 1 aromatic carbocycles. The van der Waals surface area contributed by atoms with Crippen LogP contribution in [0.15, 0.2) is 47.8 Å². The topological polar surface area (TPSA) is 43.1 Å². The Balaban J connectivity index is 2.43. The molecule has 3 heteroatoms. The quantitative estimate of drug-likeness (QED) is 0.808. The molecule has 16 heavy (non-hydrogen) atoms. The summed E-state index contributed by atoms with van der Waals surface area (Å²) in [5.74, 6) is -0.403. The second-order valence-corrected chi connectivity index (χ2v) is 4.28. The maximum Gasteiger partial charge on any atom is 0.249 e. The largest absolute Gasteiger partial charge is 0.366 e. The zero-order valence-corrected chi connectivity index (χ0v) is 9.41. The van der Waals surface area contributed by atoms with Crippen molar-refractivity contribution in [2.75, 3.05) is 0 Å². The van der Waals surface area contributed by atoms with Gasteiger partial charge in [0.15, 0.2) is 0 Å². The van der Waals surface area contributed by atoms with Crippen LogP contribution in [0.3, 0.4) is 0 Å². The van der Waals surface area contributed by atoms with Crippen molar-refractivity contribution < 1.29 is 4.79 Å². The van der Waals surface area contributed by atoms with Crippen LogP contribution in [0.4, 0.5) is 0 Å². The Hall–Kier alpha value is -1.87. The zero-order valence-electron chi connectivity index (χ0n) is 8.59. The molecule has 0 aliphatic carbocycles. The van der Waals surface area contributed by atoms with Crippen LogP contribution >= 0.6 is 11.3 Å². The molecule has 0 bridgehead atoms. The van der Waals surface area contributed by atoms with Gasteiger partial charge in [-0.1, -0.05) is 36.4 Å². The van der Waals surface area contributed by atoms with E-state index < -0.39 is 5.91 Å². The van der Waals surface area contributed by atoms with E-state index in [4.69, 9.17) is 5.73 Å². The molecular weight excluding hydrogens is 218 g/mol. The van der Waals surface area contributed by atoms with Crippen LogP contribution < -0.4 is 5.73 Å². The van der Waals surface area contributed by atoms with Crippen LogP contribution in [0, 0.1) is 0 Å². The molecule has 0 spiro atoms. The molecule has 0 saturated heterocycles. The van der Waals surface area contributed by atoms with E-state index in [1.807, 2.05) is 53.9 Å². The first-order chi connectivity index (χ1) is 7.77. The van der Waals surface area contributed by atoms with Gasteiger partial charge in [-0.05, 0) is 23.1 Å². The minimum Gasteiger partial charge on any atom is -0.366 e. The van der Waals surface area contributed by atoms with Crippen molar-refractivity contribution >= 4 is 28.9 Å². The minimum atomic E-state index is -0.403. The van der Waals surface area contributed by atoms with Crippen molar-refractivity contribution in [3.8, 4) is 0 Å². The normalized spacial score (nSPS) is 11.4. The molecule has 2 nitrogen and oxygen atoms in total. The number of benzene rings is 1. The third-order valence-electron chi connectivity index (χ3n) is 2.18. The summed E-state index contributed by atoms with van der Waals surface area (Å²) in [6, 6.07) is 13.3. The Labute approximate surface area is 98.0 Å². The lowest BCUT2D eigenvalue weighted by atomic mass is 10.0. The fourth-order valence-corrected chi connectivity index (χ4v) is 2.09.